The highest BCUT2D eigenvalue weighted by Crippen LogP contribution is 2.37. The maximum Gasteiger partial charge on any atom is 0.141 e. The first kappa shape index (κ1) is 12.5. The monoisotopic (exact) mass is 288 g/mol. The molecule has 4 nitrogen and oxygen atoms in total. The molecule has 2 fully saturated rings. The van der Waals surface area contributed by atoms with Gasteiger partial charge in [0.2, 0.25) is 0 Å². The van der Waals surface area contributed by atoms with Crippen LogP contribution >= 0.6 is 11.3 Å². The van der Waals surface area contributed by atoms with Crippen molar-refractivity contribution in [2.45, 2.75) is 32.7 Å². The Bertz CT molecular complexity index is 637. The molecule has 20 heavy (non-hydrogen) atoms. The Morgan fingerprint density at radius 3 is 3.05 bits per heavy atom. The lowest BCUT2D eigenvalue weighted by Gasteiger charge is -2.24. The number of aryl methyl sites for hydroxylation is 2. The van der Waals surface area contributed by atoms with Gasteiger partial charge < -0.3 is 10.2 Å². The Morgan fingerprint density at radius 1 is 1.30 bits per heavy atom. The summed E-state index contributed by atoms with van der Waals surface area (Å²) in [7, 11) is 0. The van der Waals surface area contributed by atoms with Gasteiger partial charge in [0.05, 0.1) is 5.39 Å². The second-order valence-corrected chi connectivity index (χ2v) is 7.23. The van der Waals surface area contributed by atoms with E-state index in [0.717, 1.165) is 29.7 Å². The van der Waals surface area contributed by atoms with Gasteiger partial charge in [-0.3, -0.25) is 0 Å². The number of aromatic nitrogens is 2. The van der Waals surface area contributed by atoms with Crippen molar-refractivity contribution in [1.29, 1.82) is 0 Å². The third-order valence-corrected chi connectivity index (χ3v) is 5.96. The van der Waals surface area contributed by atoms with E-state index >= 15 is 0 Å². The minimum absolute atomic E-state index is 0.647. The lowest BCUT2D eigenvalue weighted by molar-refractivity contribution is 0.340. The highest BCUT2D eigenvalue weighted by Gasteiger charge is 2.35. The number of thiophene rings is 1. The molecule has 0 unspecified atom stereocenters. The van der Waals surface area contributed by atoms with E-state index in [2.05, 4.69) is 34.0 Å². The Hall–Kier alpha value is -1.20. The van der Waals surface area contributed by atoms with Crippen LogP contribution in [0.3, 0.4) is 0 Å². The molecule has 0 radical (unpaired) electrons. The fraction of sp³-hybridized carbons (Fsp3) is 0.600. The number of fused-ring (bicyclic) bond motifs is 2. The predicted molar refractivity (Wildman–Crippen MR) is 83.6 cm³/mol. The van der Waals surface area contributed by atoms with Gasteiger partial charge in [-0.2, -0.15) is 0 Å². The molecule has 5 heteroatoms. The van der Waals surface area contributed by atoms with E-state index in [1.807, 2.05) is 0 Å². The van der Waals surface area contributed by atoms with Gasteiger partial charge in [0.1, 0.15) is 17.0 Å². The van der Waals surface area contributed by atoms with Crippen molar-refractivity contribution >= 4 is 27.4 Å². The molecule has 2 aliphatic rings. The van der Waals surface area contributed by atoms with Crippen molar-refractivity contribution in [3.8, 4) is 0 Å². The number of rotatable bonds is 1. The number of hydrogen-bond donors (Lipinski definition) is 1. The molecule has 0 bridgehead atoms. The first-order chi connectivity index (χ1) is 9.74. The number of nitrogens with zero attached hydrogens (tertiary/aromatic N) is 3. The Balaban J connectivity index is 1.75. The van der Waals surface area contributed by atoms with Crippen LogP contribution in [0.15, 0.2) is 6.33 Å². The van der Waals surface area contributed by atoms with Crippen LogP contribution < -0.4 is 10.2 Å². The van der Waals surface area contributed by atoms with Crippen molar-refractivity contribution in [3.63, 3.8) is 0 Å². The molecule has 2 aliphatic heterocycles. The SMILES string of the molecule is Cc1sc2ncnc(N3C[C@@H]4CCCN[C@@H]4C3)c2c1C. The van der Waals surface area contributed by atoms with Gasteiger partial charge in [0.15, 0.2) is 0 Å². The van der Waals surface area contributed by atoms with Gasteiger partial charge >= 0.3 is 0 Å². The van der Waals surface area contributed by atoms with Crippen LogP contribution in [-0.4, -0.2) is 35.6 Å². The lowest BCUT2D eigenvalue weighted by Crippen LogP contribution is -2.40. The van der Waals surface area contributed by atoms with Crippen LogP contribution in [0.1, 0.15) is 23.3 Å². The normalized spacial score (nSPS) is 26.2. The van der Waals surface area contributed by atoms with Gasteiger partial charge in [-0.05, 0) is 44.7 Å². The zero-order valence-electron chi connectivity index (χ0n) is 12.0. The average molecular weight is 288 g/mol. The molecule has 0 aromatic carbocycles. The van der Waals surface area contributed by atoms with Crippen molar-refractivity contribution in [1.82, 2.24) is 15.3 Å². The summed E-state index contributed by atoms with van der Waals surface area (Å²) in [5, 5.41) is 4.94. The van der Waals surface area contributed by atoms with E-state index in [1.54, 1.807) is 17.7 Å². The number of anilines is 1. The molecular formula is C15H20N4S. The van der Waals surface area contributed by atoms with E-state index in [9.17, 15) is 0 Å². The fourth-order valence-corrected chi connectivity index (χ4v) is 4.61. The number of piperidine rings is 1. The quantitative estimate of drug-likeness (QED) is 0.875. The van der Waals surface area contributed by atoms with Gasteiger partial charge in [-0.15, -0.1) is 11.3 Å². The van der Waals surface area contributed by atoms with Gasteiger partial charge in [-0.25, -0.2) is 9.97 Å². The Kier molecular flexibility index (Phi) is 2.93. The van der Waals surface area contributed by atoms with Crippen LogP contribution in [0.2, 0.25) is 0 Å². The zero-order valence-corrected chi connectivity index (χ0v) is 12.8. The van der Waals surface area contributed by atoms with Crippen LogP contribution in [0.25, 0.3) is 10.2 Å². The highest BCUT2D eigenvalue weighted by atomic mass is 32.1. The predicted octanol–water partition coefficient (Wildman–Crippen LogP) is 2.50. The minimum Gasteiger partial charge on any atom is -0.354 e. The highest BCUT2D eigenvalue weighted by molar-refractivity contribution is 7.18. The fourth-order valence-electron chi connectivity index (χ4n) is 3.62. The summed E-state index contributed by atoms with van der Waals surface area (Å²) in [4.78, 5) is 14.0. The van der Waals surface area contributed by atoms with Gasteiger partial charge in [0, 0.05) is 24.0 Å². The maximum atomic E-state index is 4.61. The largest absolute Gasteiger partial charge is 0.354 e. The van der Waals surface area contributed by atoms with Gasteiger partial charge in [-0.1, -0.05) is 0 Å². The minimum atomic E-state index is 0.647. The molecule has 2 aromatic heterocycles. The molecule has 2 atom stereocenters. The summed E-state index contributed by atoms with van der Waals surface area (Å²) in [5.41, 5.74) is 1.35. The van der Waals surface area contributed by atoms with Gasteiger partial charge in [0.25, 0.3) is 0 Å². The first-order valence-corrected chi connectivity index (χ1v) is 8.24. The zero-order chi connectivity index (χ0) is 13.7. The molecule has 4 rings (SSSR count). The lowest BCUT2D eigenvalue weighted by atomic mass is 9.94. The third kappa shape index (κ3) is 1.84. The average Bonchev–Trinajstić information content (AvgIpc) is 3.01. The number of hydrogen-bond acceptors (Lipinski definition) is 5. The second kappa shape index (κ2) is 4.67. The molecule has 4 heterocycles. The van der Waals surface area contributed by atoms with E-state index in [1.165, 1.54) is 35.2 Å². The molecule has 2 saturated heterocycles. The molecule has 0 spiro atoms. The summed E-state index contributed by atoms with van der Waals surface area (Å²) in [5.74, 6) is 1.93. The molecule has 106 valence electrons. The molecule has 0 aliphatic carbocycles. The second-order valence-electron chi connectivity index (χ2n) is 6.03. The van der Waals surface area contributed by atoms with E-state index in [0.29, 0.717) is 6.04 Å². The molecular weight excluding hydrogens is 268 g/mol. The van der Waals surface area contributed by atoms with E-state index in [4.69, 9.17) is 0 Å². The van der Waals surface area contributed by atoms with Crippen molar-refractivity contribution in [2.24, 2.45) is 5.92 Å². The standard InChI is InChI=1S/C15H20N4S/c1-9-10(2)20-15-13(9)14(17-8-18-15)19-6-11-4-3-5-16-12(11)7-19/h8,11-12,16H,3-7H2,1-2H3/t11-,12+/m0/s1. The van der Waals surface area contributed by atoms with Crippen LogP contribution in [-0.2, 0) is 0 Å². The smallest absolute Gasteiger partial charge is 0.141 e. The van der Waals surface area contributed by atoms with Crippen LogP contribution in [0.4, 0.5) is 5.82 Å². The van der Waals surface area contributed by atoms with Crippen LogP contribution in [0, 0.1) is 19.8 Å². The molecule has 0 amide bonds. The summed E-state index contributed by atoms with van der Waals surface area (Å²) in [6.07, 6.45) is 4.39. The molecule has 0 saturated carbocycles. The van der Waals surface area contributed by atoms with E-state index in [-0.39, 0.29) is 0 Å². The summed E-state index contributed by atoms with van der Waals surface area (Å²) in [6.45, 7) is 7.77. The number of nitrogens with one attached hydrogen (secondary N) is 1. The Labute approximate surface area is 123 Å². The molecule has 2 aromatic rings. The summed E-state index contributed by atoms with van der Waals surface area (Å²) < 4.78 is 0. The summed E-state index contributed by atoms with van der Waals surface area (Å²) in [6, 6.07) is 0.647. The topological polar surface area (TPSA) is 41.1 Å². The first-order valence-electron chi connectivity index (χ1n) is 7.43. The van der Waals surface area contributed by atoms with Crippen molar-refractivity contribution < 1.29 is 0 Å². The third-order valence-electron chi connectivity index (χ3n) is 4.84. The van der Waals surface area contributed by atoms with Crippen molar-refractivity contribution in [2.75, 3.05) is 24.5 Å². The summed E-state index contributed by atoms with van der Waals surface area (Å²) >= 11 is 1.78. The molecule has 1 N–H and O–H groups in total. The van der Waals surface area contributed by atoms with Crippen LogP contribution in [0.5, 0.6) is 0 Å². The van der Waals surface area contributed by atoms with Crippen molar-refractivity contribution in [3.05, 3.63) is 16.8 Å². The van der Waals surface area contributed by atoms with E-state index < -0.39 is 0 Å². The Morgan fingerprint density at radius 2 is 2.20 bits per heavy atom. The maximum absolute atomic E-state index is 4.61.